The van der Waals surface area contributed by atoms with Crippen LogP contribution in [0.15, 0.2) is 15.9 Å². The van der Waals surface area contributed by atoms with Gasteiger partial charge in [0.2, 0.25) is 0 Å². The monoisotopic (exact) mass is 177 g/mol. The van der Waals surface area contributed by atoms with Crippen LogP contribution in [0.3, 0.4) is 0 Å². The van der Waals surface area contributed by atoms with E-state index in [2.05, 4.69) is 0 Å². The molecule has 1 rings (SSSR count). The van der Waals surface area contributed by atoms with E-state index in [0.29, 0.717) is 0 Å². The second kappa shape index (κ2) is 2.11. The summed E-state index contributed by atoms with van der Waals surface area (Å²) in [5, 5.41) is 9.90. The van der Waals surface area contributed by atoms with Crippen molar-refractivity contribution < 1.29 is 4.92 Å². The fourth-order valence-electron chi connectivity index (χ4n) is 0.361. The van der Waals surface area contributed by atoms with E-state index in [-0.39, 0.29) is 25.1 Å². The van der Waals surface area contributed by atoms with Crippen LogP contribution < -0.4 is 0 Å². The maximum atomic E-state index is 9.90. The molecule has 1 aromatic heterocycles. The summed E-state index contributed by atoms with van der Waals surface area (Å²) >= 11 is 0.238. The van der Waals surface area contributed by atoms with Crippen LogP contribution in [0.1, 0.15) is 0 Å². The molecule has 3 nitrogen and oxygen atoms in total. The molecule has 0 aliphatic carbocycles. The normalized spacial score (nSPS) is 9.00. The SMILES string of the molecule is O=[N+]([O-])c1cc[se]c1. The predicted molar refractivity (Wildman–Crippen MR) is 30.0 cm³/mol. The van der Waals surface area contributed by atoms with Gasteiger partial charge in [-0.25, -0.2) is 0 Å². The molecule has 0 spiro atoms. The van der Waals surface area contributed by atoms with Crippen LogP contribution in [0, 0.1) is 10.1 Å². The molecule has 0 amide bonds. The van der Waals surface area contributed by atoms with Crippen LogP contribution >= 0.6 is 0 Å². The Morgan fingerprint density at radius 1 is 1.75 bits per heavy atom. The average molecular weight is 176 g/mol. The molecule has 0 aliphatic heterocycles. The molecule has 0 aromatic carbocycles. The van der Waals surface area contributed by atoms with Gasteiger partial charge < -0.3 is 0 Å². The number of rotatable bonds is 1. The van der Waals surface area contributed by atoms with E-state index in [1.54, 1.807) is 11.0 Å². The summed E-state index contributed by atoms with van der Waals surface area (Å²) in [7, 11) is 0. The van der Waals surface area contributed by atoms with Crippen LogP contribution in [0.5, 0.6) is 0 Å². The summed E-state index contributed by atoms with van der Waals surface area (Å²) in [5.41, 5.74) is 0.241. The molecule has 1 heterocycles. The van der Waals surface area contributed by atoms with E-state index in [4.69, 9.17) is 0 Å². The molecule has 8 heavy (non-hydrogen) atoms. The molecular weight excluding hydrogens is 173 g/mol. The van der Waals surface area contributed by atoms with Crippen molar-refractivity contribution in [3.05, 3.63) is 26.1 Å². The number of nitrogens with zero attached hydrogens (tertiary/aromatic N) is 1. The maximum absolute atomic E-state index is 9.90. The molecule has 0 aliphatic rings. The van der Waals surface area contributed by atoms with Crippen molar-refractivity contribution in [3.63, 3.8) is 0 Å². The minimum absolute atomic E-state index is 0.238. The Balaban J connectivity index is 2.93. The minimum atomic E-state index is -0.370. The number of hydrogen-bond donors (Lipinski definition) is 0. The van der Waals surface area contributed by atoms with Gasteiger partial charge in [0.25, 0.3) is 0 Å². The Hall–Kier alpha value is -0.601. The van der Waals surface area contributed by atoms with Crippen molar-refractivity contribution in [3.8, 4) is 0 Å². The zero-order chi connectivity index (χ0) is 5.98. The van der Waals surface area contributed by atoms with E-state index in [9.17, 15) is 10.1 Å². The van der Waals surface area contributed by atoms with Gasteiger partial charge in [-0.05, 0) is 0 Å². The molecular formula is C4H3NO2Se. The summed E-state index contributed by atoms with van der Waals surface area (Å²) < 4.78 is 0. The van der Waals surface area contributed by atoms with Gasteiger partial charge in [0.1, 0.15) is 0 Å². The summed E-state index contributed by atoms with van der Waals surface area (Å²) in [6.45, 7) is 0. The Morgan fingerprint density at radius 3 is 2.75 bits per heavy atom. The van der Waals surface area contributed by atoms with Crippen LogP contribution in [0.4, 0.5) is 5.69 Å². The summed E-state index contributed by atoms with van der Waals surface area (Å²) in [6, 6.07) is 1.54. The van der Waals surface area contributed by atoms with Crippen LogP contribution in [-0.4, -0.2) is 19.4 Å². The van der Waals surface area contributed by atoms with Crippen LogP contribution in [0.2, 0.25) is 0 Å². The van der Waals surface area contributed by atoms with Crippen molar-refractivity contribution in [2.45, 2.75) is 0 Å². The predicted octanol–water partition coefficient (Wildman–Crippen LogP) is 0.652. The molecule has 0 fully saturated rings. The van der Waals surface area contributed by atoms with Crippen molar-refractivity contribution in [2.75, 3.05) is 0 Å². The summed E-state index contributed by atoms with van der Waals surface area (Å²) in [5.74, 6) is 0. The molecule has 0 bridgehead atoms. The van der Waals surface area contributed by atoms with Crippen molar-refractivity contribution in [1.29, 1.82) is 0 Å². The van der Waals surface area contributed by atoms with Crippen molar-refractivity contribution in [2.24, 2.45) is 0 Å². The molecule has 0 unspecified atom stereocenters. The number of hydrogen-bond acceptors (Lipinski definition) is 2. The first-order chi connectivity index (χ1) is 3.80. The Kier molecular flexibility index (Phi) is 1.46. The van der Waals surface area contributed by atoms with Gasteiger partial charge in [-0.2, -0.15) is 0 Å². The van der Waals surface area contributed by atoms with Gasteiger partial charge in [-0.3, -0.25) is 0 Å². The Labute approximate surface area is 51.8 Å². The fourth-order valence-corrected chi connectivity index (χ4v) is 1.62. The second-order valence-electron chi connectivity index (χ2n) is 1.24. The quantitative estimate of drug-likeness (QED) is 0.358. The molecule has 1 aromatic rings. The third-order valence-corrected chi connectivity index (χ3v) is 2.12. The van der Waals surface area contributed by atoms with E-state index in [1.165, 1.54) is 0 Å². The van der Waals surface area contributed by atoms with Crippen molar-refractivity contribution in [1.82, 2.24) is 0 Å². The van der Waals surface area contributed by atoms with Crippen LogP contribution in [-0.2, 0) is 0 Å². The van der Waals surface area contributed by atoms with E-state index >= 15 is 0 Å². The first-order valence-corrected chi connectivity index (χ1v) is 3.95. The Bertz CT molecular complexity index is 182. The molecule has 0 atom stereocenters. The first-order valence-electron chi connectivity index (χ1n) is 1.97. The zero-order valence-electron chi connectivity index (χ0n) is 3.90. The molecule has 42 valence electrons. The third kappa shape index (κ3) is 0.966. The van der Waals surface area contributed by atoms with E-state index < -0.39 is 0 Å². The van der Waals surface area contributed by atoms with E-state index in [0.717, 1.165) is 0 Å². The fraction of sp³-hybridized carbons (Fsp3) is 0. The van der Waals surface area contributed by atoms with Crippen molar-refractivity contribution >= 4 is 20.2 Å². The molecule has 0 saturated carbocycles. The van der Waals surface area contributed by atoms with Gasteiger partial charge in [-0.1, -0.05) is 0 Å². The first kappa shape index (κ1) is 5.53. The van der Waals surface area contributed by atoms with Gasteiger partial charge in [0.05, 0.1) is 0 Å². The molecule has 0 saturated heterocycles. The van der Waals surface area contributed by atoms with E-state index in [1.807, 2.05) is 4.94 Å². The standard InChI is InChI=1S/C4H3NO2Se/c6-5(7)4-1-2-8-3-4/h1-3H. The third-order valence-electron chi connectivity index (χ3n) is 0.717. The molecule has 4 heteroatoms. The molecule has 0 N–H and O–H groups in total. The Morgan fingerprint density at radius 2 is 2.50 bits per heavy atom. The second-order valence-corrected chi connectivity index (χ2v) is 2.88. The van der Waals surface area contributed by atoms with Gasteiger partial charge in [0.15, 0.2) is 0 Å². The van der Waals surface area contributed by atoms with Crippen LogP contribution in [0.25, 0.3) is 0 Å². The average Bonchev–Trinajstić information content (AvgIpc) is 2.12. The summed E-state index contributed by atoms with van der Waals surface area (Å²) in [4.78, 5) is 13.0. The van der Waals surface area contributed by atoms with Gasteiger partial charge in [-0.15, -0.1) is 0 Å². The summed E-state index contributed by atoms with van der Waals surface area (Å²) in [6.07, 6.45) is 0. The van der Waals surface area contributed by atoms with Gasteiger partial charge >= 0.3 is 51.2 Å². The molecule has 0 radical (unpaired) electrons. The zero-order valence-corrected chi connectivity index (χ0v) is 5.62. The number of nitro groups is 1. The topological polar surface area (TPSA) is 43.1 Å². The van der Waals surface area contributed by atoms with Gasteiger partial charge in [0, 0.05) is 0 Å².